The number of imide groups is 1. The van der Waals surface area contributed by atoms with Gasteiger partial charge in [-0.05, 0) is 48.9 Å². The Hall–Kier alpha value is -3.84. The monoisotopic (exact) mass is 444 g/mol. The lowest BCUT2D eigenvalue weighted by atomic mass is 9.90. The van der Waals surface area contributed by atoms with Crippen molar-refractivity contribution in [2.24, 2.45) is 5.92 Å². The van der Waals surface area contributed by atoms with Gasteiger partial charge < -0.3 is 9.84 Å². The van der Waals surface area contributed by atoms with Gasteiger partial charge in [0.15, 0.2) is 6.10 Å². The van der Waals surface area contributed by atoms with Gasteiger partial charge in [0.1, 0.15) is 17.4 Å². The van der Waals surface area contributed by atoms with E-state index in [0.29, 0.717) is 29.3 Å². The number of amides is 2. The zero-order valence-electron chi connectivity index (χ0n) is 18.1. The molecule has 7 nitrogen and oxygen atoms in total. The number of aromatic hydroxyl groups is 1. The third-order valence-electron chi connectivity index (χ3n) is 5.95. The molecule has 2 amide bonds. The van der Waals surface area contributed by atoms with E-state index in [9.17, 15) is 14.7 Å². The number of rotatable bonds is 6. The third kappa shape index (κ3) is 3.60. The number of fused-ring (bicyclic) bond motifs is 1. The van der Waals surface area contributed by atoms with Gasteiger partial charge in [-0.2, -0.15) is 0 Å². The smallest absolute Gasteiger partial charge is 0.266 e. The van der Waals surface area contributed by atoms with Crippen LogP contribution in [0.15, 0.2) is 78.9 Å². The number of nitrogens with zero attached hydrogens (tertiary/aromatic N) is 2. The number of carbonyl (C=O) groups excluding carboxylic acids is 2. The number of para-hydroxylation sites is 2. The van der Waals surface area contributed by atoms with Gasteiger partial charge in [-0.25, -0.2) is 9.96 Å². The van der Waals surface area contributed by atoms with E-state index in [1.54, 1.807) is 53.6 Å². The summed E-state index contributed by atoms with van der Waals surface area (Å²) in [6, 6.07) is 22.3. The van der Waals surface area contributed by atoms with Crippen molar-refractivity contribution in [1.82, 2.24) is 0 Å². The van der Waals surface area contributed by atoms with Crippen LogP contribution in [0.4, 0.5) is 11.4 Å². The van der Waals surface area contributed by atoms with E-state index in [1.165, 1.54) is 4.90 Å². The van der Waals surface area contributed by atoms with Crippen molar-refractivity contribution in [3.63, 3.8) is 0 Å². The van der Waals surface area contributed by atoms with E-state index in [2.05, 4.69) is 0 Å². The Morgan fingerprint density at radius 2 is 1.58 bits per heavy atom. The molecule has 3 atom stereocenters. The fraction of sp³-hybridized carbons (Fsp3) is 0.231. The molecule has 0 radical (unpaired) electrons. The van der Waals surface area contributed by atoms with Crippen molar-refractivity contribution in [3.8, 4) is 11.5 Å². The molecular formula is C26H24N2O5. The SMILES string of the molecule is CCCOc1ccc(N2C(=O)[C@H]3[C@@H](ON(c4ccccc4)[C@H]3c3ccccc3O)C2=O)cc1. The Morgan fingerprint density at radius 1 is 0.879 bits per heavy atom. The van der Waals surface area contributed by atoms with Gasteiger partial charge in [-0.15, -0.1) is 0 Å². The predicted molar refractivity (Wildman–Crippen MR) is 123 cm³/mol. The van der Waals surface area contributed by atoms with Crippen LogP contribution in [-0.2, 0) is 14.4 Å². The highest BCUT2D eigenvalue weighted by atomic mass is 16.7. The van der Waals surface area contributed by atoms with Gasteiger partial charge in [0.25, 0.3) is 5.91 Å². The minimum atomic E-state index is -0.988. The fourth-order valence-electron chi connectivity index (χ4n) is 4.43. The van der Waals surface area contributed by atoms with E-state index in [1.807, 2.05) is 37.3 Å². The van der Waals surface area contributed by atoms with E-state index in [0.717, 1.165) is 6.42 Å². The molecule has 0 unspecified atom stereocenters. The zero-order valence-corrected chi connectivity index (χ0v) is 18.1. The molecule has 0 spiro atoms. The molecule has 3 aromatic rings. The van der Waals surface area contributed by atoms with Crippen molar-refractivity contribution >= 4 is 23.2 Å². The van der Waals surface area contributed by atoms with Crippen LogP contribution >= 0.6 is 0 Å². The minimum Gasteiger partial charge on any atom is -0.508 e. The first-order chi connectivity index (χ1) is 16.1. The first-order valence-corrected chi connectivity index (χ1v) is 11.0. The normalized spacial score (nSPS) is 22.0. The third-order valence-corrected chi connectivity index (χ3v) is 5.95. The van der Waals surface area contributed by atoms with Crippen LogP contribution in [-0.4, -0.2) is 29.6 Å². The van der Waals surface area contributed by atoms with Gasteiger partial charge in [0, 0.05) is 5.56 Å². The highest BCUT2D eigenvalue weighted by Crippen LogP contribution is 2.49. The summed E-state index contributed by atoms with van der Waals surface area (Å²) >= 11 is 0. The first-order valence-electron chi connectivity index (χ1n) is 11.0. The van der Waals surface area contributed by atoms with Crippen molar-refractivity contribution in [2.75, 3.05) is 16.6 Å². The number of hydrogen-bond acceptors (Lipinski definition) is 6. The maximum absolute atomic E-state index is 13.6. The molecule has 2 heterocycles. The quantitative estimate of drug-likeness (QED) is 0.573. The lowest BCUT2D eigenvalue weighted by Gasteiger charge is -2.29. The second kappa shape index (κ2) is 8.60. The average molecular weight is 444 g/mol. The lowest BCUT2D eigenvalue weighted by Crippen LogP contribution is -2.37. The highest BCUT2D eigenvalue weighted by Gasteiger charge is 2.60. The Labute approximate surface area is 191 Å². The minimum absolute atomic E-state index is 0.0452. The summed E-state index contributed by atoms with van der Waals surface area (Å²) in [4.78, 5) is 34.2. The Balaban J connectivity index is 1.51. The van der Waals surface area contributed by atoms with Crippen LogP contribution in [0.3, 0.4) is 0 Å². The Morgan fingerprint density at radius 3 is 2.27 bits per heavy atom. The topological polar surface area (TPSA) is 79.3 Å². The van der Waals surface area contributed by atoms with Crippen LogP contribution in [0, 0.1) is 5.92 Å². The molecule has 2 aliphatic rings. The molecule has 1 N–H and O–H groups in total. The molecule has 0 bridgehead atoms. The molecule has 0 aromatic heterocycles. The van der Waals surface area contributed by atoms with Crippen molar-refractivity contribution in [2.45, 2.75) is 25.5 Å². The van der Waals surface area contributed by atoms with Crippen LogP contribution in [0.1, 0.15) is 24.9 Å². The van der Waals surface area contributed by atoms with Crippen molar-refractivity contribution in [3.05, 3.63) is 84.4 Å². The number of benzene rings is 3. The summed E-state index contributed by atoms with van der Waals surface area (Å²) in [6.07, 6.45) is -0.102. The number of hydroxylamine groups is 1. The highest BCUT2D eigenvalue weighted by molar-refractivity contribution is 6.24. The summed E-state index contributed by atoms with van der Waals surface area (Å²) < 4.78 is 5.60. The molecule has 7 heteroatoms. The summed E-state index contributed by atoms with van der Waals surface area (Å²) in [5.41, 5.74) is 1.69. The van der Waals surface area contributed by atoms with E-state index >= 15 is 0 Å². The lowest BCUT2D eigenvalue weighted by molar-refractivity contribution is -0.126. The first kappa shape index (κ1) is 21.0. The van der Waals surface area contributed by atoms with Crippen molar-refractivity contribution < 1.29 is 24.3 Å². The molecule has 2 fully saturated rings. The fourth-order valence-corrected chi connectivity index (χ4v) is 4.43. The van der Waals surface area contributed by atoms with E-state index < -0.39 is 24.0 Å². The number of phenols is 1. The number of ether oxygens (including phenoxy) is 1. The summed E-state index contributed by atoms with van der Waals surface area (Å²) in [6.45, 7) is 2.62. The van der Waals surface area contributed by atoms with Gasteiger partial charge in [-0.1, -0.05) is 43.3 Å². The van der Waals surface area contributed by atoms with Crippen LogP contribution < -0.4 is 14.7 Å². The van der Waals surface area contributed by atoms with Crippen LogP contribution in [0.2, 0.25) is 0 Å². The molecular weight excluding hydrogens is 420 g/mol. The molecule has 168 valence electrons. The molecule has 2 aliphatic heterocycles. The molecule has 0 saturated carbocycles. The average Bonchev–Trinajstić information content (AvgIpc) is 3.35. The second-order valence-corrected chi connectivity index (χ2v) is 8.07. The Bertz CT molecular complexity index is 1160. The standard InChI is InChI=1S/C26H24N2O5/c1-2-16-32-19-14-12-17(13-15-19)27-25(30)22-23(20-10-6-7-11-21(20)29)28(33-24(22)26(27)31)18-8-4-3-5-9-18/h3-15,22-24,29H,2,16H2,1H3/t22-,23+,24-/m1/s1. The number of carbonyl (C=O) groups is 2. The predicted octanol–water partition coefficient (Wildman–Crippen LogP) is 4.23. The largest absolute Gasteiger partial charge is 0.508 e. The summed E-state index contributed by atoms with van der Waals surface area (Å²) in [5, 5.41) is 12.2. The Kier molecular flexibility index (Phi) is 5.48. The van der Waals surface area contributed by atoms with Gasteiger partial charge >= 0.3 is 0 Å². The number of phenolic OH excluding ortho intramolecular Hbond substituents is 1. The van der Waals surface area contributed by atoms with Crippen LogP contribution in [0.5, 0.6) is 11.5 Å². The van der Waals surface area contributed by atoms with Crippen molar-refractivity contribution in [1.29, 1.82) is 0 Å². The van der Waals surface area contributed by atoms with E-state index in [4.69, 9.17) is 9.57 Å². The molecule has 33 heavy (non-hydrogen) atoms. The molecule has 3 aromatic carbocycles. The maximum Gasteiger partial charge on any atom is 0.266 e. The number of anilines is 2. The van der Waals surface area contributed by atoms with E-state index in [-0.39, 0.29) is 11.7 Å². The van der Waals surface area contributed by atoms with Gasteiger partial charge in [0.05, 0.1) is 24.0 Å². The van der Waals surface area contributed by atoms with Crippen LogP contribution in [0.25, 0.3) is 0 Å². The maximum atomic E-state index is 13.6. The second-order valence-electron chi connectivity index (χ2n) is 8.07. The number of hydrogen-bond donors (Lipinski definition) is 1. The summed E-state index contributed by atoms with van der Waals surface area (Å²) in [7, 11) is 0. The van der Waals surface area contributed by atoms with Gasteiger partial charge in [0.2, 0.25) is 5.91 Å². The van der Waals surface area contributed by atoms with Gasteiger partial charge in [-0.3, -0.25) is 14.4 Å². The molecule has 2 saturated heterocycles. The molecule has 5 rings (SSSR count). The zero-order chi connectivity index (χ0) is 22.9. The summed E-state index contributed by atoms with van der Waals surface area (Å²) in [5.74, 6) is -0.866. The molecule has 0 aliphatic carbocycles.